The molecule has 0 saturated heterocycles. The number of halogens is 2. The smallest absolute Gasteiger partial charge is 0.243 e. The van der Waals surface area contributed by atoms with Crippen LogP contribution in [0.3, 0.4) is 0 Å². The zero-order chi connectivity index (χ0) is 28.9. The van der Waals surface area contributed by atoms with Crippen LogP contribution in [0.25, 0.3) is 0 Å². The molecule has 0 saturated carbocycles. The first-order chi connectivity index (χ1) is 19.4. The van der Waals surface area contributed by atoms with Gasteiger partial charge in [0.15, 0.2) is 11.5 Å². The number of carbonyl (C=O) groups is 2. The van der Waals surface area contributed by atoms with Crippen LogP contribution in [-0.4, -0.2) is 42.5 Å². The Hall–Kier alpha value is -3.22. The van der Waals surface area contributed by atoms with Crippen molar-refractivity contribution in [1.29, 1.82) is 0 Å². The lowest BCUT2D eigenvalue weighted by Crippen LogP contribution is -2.50. The molecule has 214 valence electrons. The van der Waals surface area contributed by atoms with Gasteiger partial charge in [0, 0.05) is 36.0 Å². The second-order valence-corrected chi connectivity index (χ2v) is 10.2. The summed E-state index contributed by atoms with van der Waals surface area (Å²) in [6, 6.07) is 19.9. The molecule has 0 aromatic heterocycles. The summed E-state index contributed by atoms with van der Waals surface area (Å²) in [5.41, 5.74) is 2.63. The molecule has 3 aromatic rings. The quantitative estimate of drug-likeness (QED) is 0.211. The van der Waals surface area contributed by atoms with Crippen molar-refractivity contribution in [3.8, 4) is 11.5 Å². The minimum atomic E-state index is -0.715. The lowest BCUT2D eigenvalue weighted by molar-refractivity contribution is -0.141. The third-order valence-electron chi connectivity index (χ3n) is 6.41. The van der Waals surface area contributed by atoms with Gasteiger partial charge in [0.25, 0.3) is 0 Å². The molecule has 0 bridgehead atoms. The second kappa shape index (κ2) is 16.1. The van der Waals surface area contributed by atoms with Gasteiger partial charge in [0.1, 0.15) is 6.04 Å². The lowest BCUT2D eigenvalue weighted by Gasteiger charge is -2.32. The van der Waals surface area contributed by atoms with E-state index in [1.807, 2.05) is 69.3 Å². The average Bonchev–Trinajstić information content (AvgIpc) is 2.95. The fourth-order valence-electron chi connectivity index (χ4n) is 4.40. The zero-order valence-corrected chi connectivity index (χ0v) is 24.9. The highest BCUT2D eigenvalue weighted by molar-refractivity contribution is 6.35. The Labute approximate surface area is 247 Å². The average molecular weight is 586 g/mol. The largest absolute Gasteiger partial charge is 0.490 e. The number of nitrogens with one attached hydrogen (secondary N) is 1. The van der Waals surface area contributed by atoms with Gasteiger partial charge in [-0.25, -0.2) is 0 Å². The summed E-state index contributed by atoms with van der Waals surface area (Å²) in [6.45, 7) is 7.58. The number of rotatable bonds is 15. The molecule has 1 N–H and O–H groups in total. The topological polar surface area (TPSA) is 67.9 Å². The van der Waals surface area contributed by atoms with Crippen LogP contribution in [0, 0.1) is 0 Å². The Morgan fingerprint density at radius 1 is 0.875 bits per heavy atom. The molecule has 0 radical (unpaired) electrons. The summed E-state index contributed by atoms with van der Waals surface area (Å²) < 4.78 is 11.4. The third kappa shape index (κ3) is 9.17. The number of nitrogens with zero attached hydrogens (tertiary/aromatic N) is 1. The number of amides is 2. The highest BCUT2D eigenvalue weighted by Crippen LogP contribution is 2.29. The molecule has 3 aromatic carbocycles. The van der Waals surface area contributed by atoms with Crippen molar-refractivity contribution >= 4 is 35.0 Å². The normalized spacial score (nSPS) is 11.5. The molecular formula is C32H38Cl2N2O4. The molecule has 6 nitrogen and oxygen atoms in total. The van der Waals surface area contributed by atoms with Crippen molar-refractivity contribution < 1.29 is 19.1 Å². The fraction of sp³-hybridized carbons (Fsp3) is 0.375. The van der Waals surface area contributed by atoms with Crippen LogP contribution in [0.5, 0.6) is 11.5 Å². The Bertz CT molecular complexity index is 1250. The Morgan fingerprint density at radius 2 is 1.60 bits per heavy atom. The molecule has 3 rings (SSSR count). The Morgan fingerprint density at radius 3 is 2.27 bits per heavy atom. The van der Waals surface area contributed by atoms with E-state index in [4.69, 9.17) is 32.7 Å². The van der Waals surface area contributed by atoms with Crippen LogP contribution in [0.4, 0.5) is 0 Å². The number of carbonyl (C=O) groups excluding carboxylic acids is 2. The van der Waals surface area contributed by atoms with Crippen molar-refractivity contribution in [3.63, 3.8) is 0 Å². The van der Waals surface area contributed by atoms with Gasteiger partial charge >= 0.3 is 0 Å². The maximum absolute atomic E-state index is 13.9. The van der Waals surface area contributed by atoms with E-state index in [9.17, 15) is 9.59 Å². The molecule has 1 unspecified atom stereocenters. The van der Waals surface area contributed by atoms with Gasteiger partial charge in [-0.15, -0.1) is 0 Å². The highest BCUT2D eigenvalue weighted by atomic mass is 35.5. The number of ether oxygens (including phenoxy) is 2. The van der Waals surface area contributed by atoms with E-state index < -0.39 is 6.04 Å². The summed E-state index contributed by atoms with van der Waals surface area (Å²) >= 11 is 12.6. The van der Waals surface area contributed by atoms with Crippen LogP contribution in [-0.2, 0) is 29.0 Å². The SMILES string of the molecule is CCCNC(=O)C(Cc1ccccc1)N(Cc1ccc(Cl)cc1Cl)C(=O)CCc1ccc(OCC)c(OCC)c1. The second-order valence-electron chi connectivity index (χ2n) is 9.40. The van der Waals surface area contributed by atoms with Crippen LogP contribution in [0.15, 0.2) is 66.7 Å². The van der Waals surface area contributed by atoms with Crippen molar-refractivity contribution in [3.05, 3.63) is 93.5 Å². The molecule has 0 aliphatic heterocycles. The van der Waals surface area contributed by atoms with Crippen molar-refractivity contribution in [2.24, 2.45) is 0 Å². The van der Waals surface area contributed by atoms with E-state index in [1.54, 1.807) is 23.1 Å². The first kappa shape index (κ1) is 31.3. The summed E-state index contributed by atoms with van der Waals surface area (Å²) in [7, 11) is 0. The molecule has 2 amide bonds. The number of hydrogen-bond donors (Lipinski definition) is 1. The number of hydrogen-bond acceptors (Lipinski definition) is 4. The zero-order valence-electron chi connectivity index (χ0n) is 23.4. The maximum atomic E-state index is 13.9. The summed E-state index contributed by atoms with van der Waals surface area (Å²) in [5.74, 6) is 0.989. The predicted octanol–water partition coefficient (Wildman–Crippen LogP) is 6.89. The predicted molar refractivity (Wildman–Crippen MR) is 161 cm³/mol. The molecule has 0 aliphatic carbocycles. The van der Waals surface area contributed by atoms with Crippen molar-refractivity contribution in [1.82, 2.24) is 10.2 Å². The van der Waals surface area contributed by atoms with Crippen LogP contribution >= 0.6 is 23.2 Å². The van der Waals surface area contributed by atoms with Crippen molar-refractivity contribution in [2.75, 3.05) is 19.8 Å². The van der Waals surface area contributed by atoms with Crippen molar-refractivity contribution in [2.45, 2.75) is 59.0 Å². The molecule has 40 heavy (non-hydrogen) atoms. The molecule has 1 atom stereocenters. The maximum Gasteiger partial charge on any atom is 0.243 e. The van der Waals surface area contributed by atoms with Crippen LogP contribution < -0.4 is 14.8 Å². The molecule has 0 heterocycles. The van der Waals surface area contributed by atoms with Crippen LogP contribution in [0.1, 0.15) is 50.3 Å². The van der Waals surface area contributed by atoms with E-state index in [0.29, 0.717) is 54.1 Å². The number of aryl methyl sites for hydroxylation is 1. The minimum Gasteiger partial charge on any atom is -0.490 e. The first-order valence-corrected chi connectivity index (χ1v) is 14.5. The van der Waals surface area contributed by atoms with Crippen LogP contribution in [0.2, 0.25) is 10.0 Å². The molecule has 0 aliphatic rings. The van der Waals surface area contributed by atoms with Gasteiger partial charge in [-0.2, -0.15) is 0 Å². The van der Waals surface area contributed by atoms with E-state index in [-0.39, 0.29) is 24.8 Å². The van der Waals surface area contributed by atoms with Gasteiger partial charge in [-0.1, -0.05) is 72.6 Å². The van der Waals surface area contributed by atoms with E-state index in [2.05, 4.69) is 5.32 Å². The Kier molecular flexibility index (Phi) is 12.6. The van der Waals surface area contributed by atoms with E-state index in [0.717, 1.165) is 23.1 Å². The summed E-state index contributed by atoms with van der Waals surface area (Å²) in [5, 5.41) is 3.95. The molecule has 8 heteroatoms. The minimum absolute atomic E-state index is 0.148. The number of benzene rings is 3. The highest BCUT2D eigenvalue weighted by Gasteiger charge is 2.30. The molecule has 0 fully saturated rings. The van der Waals surface area contributed by atoms with Gasteiger partial charge < -0.3 is 19.7 Å². The molecule has 0 spiro atoms. The van der Waals surface area contributed by atoms with E-state index in [1.165, 1.54) is 0 Å². The van der Waals surface area contributed by atoms with E-state index >= 15 is 0 Å². The lowest BCUT2D eigenvalue weighted by atomic mass is 10.0. The van der Waals surface area contributed by atoms with Gasteiger partial charge in [0.2, 0.25) is 11.8 Å². The summed E-state index contributed by atoms with van der Waals surface area (Å²) in [4.78, 5) is 29.0. The van der Waals surface area contributed by atoms with Gasteiger partial charge in [-0.05, 0) is 67.6 Å². The Balaban J connectivity index is 1.91. The fourth-order valence-corrected chi connectivity index (χ4v) is 4.87. The monoisotopic (exact) mass is 584 g/mol. The van der Waals surface area contributed by atoms with Gasteiger partial charge in [0.05, 0.1) is 13.2 Å². The summed E-state index contributed by atoms with van der Waals surface area (Å²) in [6.07, 6.45) is 1.85. The molecular weight excluding hydrogens is 547 g/mol. The third-order valence-corrected chi connectivity index (χ3v) is 7.00. The van der Waals surface area contributed by atoms with Gasteiger partial charge in [-0.3, -0.25) is 9.59 Å². The standard InChI is InChI=1S/C32H38Cl2N2O4/c1-4-18-35-32(38)28(19-23-10-8-7-9-11-23)36(22-25-14-15-26(33)21-27(25)34)31(37)17-13-24-12-16-29(39-5-2)30(20-24)40-6-3/h7-12,14-16,20-21,28H,4-6,13,17-19,22H2,1-3H3,(H,35,38). The first-order valence-electron chi connectivity index (χ1n) is 13.8.